The minimum absolute atomic E-state index is 0.105. The number of amides is 1. The van der Waals surface area contributed by atoms with Crippen LogP contribution in [-0.2, 0) is 4.79 Å². The second kappa shape index (κ2) is 7.20. The average molecular weight is 308 g/mol. The third-order valence-corrected chi connectivity index (χ3v) is 3.42. The Morgan fingerprint density at radius 3 is 2.71 bits per heavy atom. The van der Waals surface area contributed by atoms with Gasteiger partial charge in [-0.3, -0.25) is 4.79 Å². The number of quaternary nitrogens is 1. The Labute approximate surface area is 128 Å². The Hall–Kier alpha value is -1.91. The zero-order chi connectivity index (χ0) is 15.2. The van der Waals surface area contributed by atoms with E-state index in [0.717, 1.165) is 5.56 Å². The molecule has 21 heavy (non-hydrogen) atoms. The number of hydrogen-bond acceptors (Lipinski definition) is 1. The van der Waals surface area contributed by atoms with E-state index in [1.807, 2.05) is 42.6 Å². The summed E-state index contributed by atoms with van der Waals surface area (Å²) in [4.78, 5) is 11.9. The third-order valence-electron chi connectivity index (χ3n) is 3.18. The van der Waals surface area contributed by atoms with Gasteiger partial charge in [0.2, 0.25) is 0 Å². The van der Waals surface area contributed by atoms with Gasteiger partial charge in [-0.2, -0.15) is 0 Å². The molecule has 2 rings (SSSR count). The predicted octanol–water partition coefficient (Wildman–Crippen LogP) is 2.74. The molecule has 5 heteroatoms. The van der Waals surface area contributed by atoms with Crippen LogP contribution in [0.4, 0.5) is 10.1 Å². The highest BCUT2D eigenvalue weighted by atomic mass is 35.5. The van der Waals surface area contributed by atoms with Gasteiger partial charge in [-0.1, -0.05) is 41.9 Å². The minimum atomic E-state index is -0.496. The summed E-state index contributed by atoms with van der Waals surface area (Å²) in [6.07, 6.45) is 0. The molecule has 1 atom stereocenters. The number of rotatable bonds is 5. The molecule has 0 saturated heterocycles. The number of anilines is 1. The van der Waals surface area contributed by atoms with Crippen LogP contribution in [0.25, 0.3) is 0 Å². The van der Waals surface area contributed by atoms with Crippen molar-refractivity contribution in [3.05, 3.63) is 64.9 Å². The maximum absolute atomic E-state index is 13.5. The molecule has 0 bridgehead atoms. The van der Waals surface area contributed by atoms with Crippen LogP contribution in [0.5, 0.6) is 0 Å². The number of carbonyl (C=O) groups is 1. The molecule has 0 spiro atoms. The zero-order valence-electron chi connectivity index (χ0n) is 11.6. The maximum atomic E-state index is 13.5. The summed E-state index contributed by atoms with van der Waals surface area (Å²) in [7, 11) is 0. The Balaban J connectivity index is 1.89. The molecule has 0 saturated carbocycles. The fraction of sp³-hybridized carbons (Fsp3) is 0.188. The van der Waals surface area contributed by atoms with Crippen LogP contribution in [-0.4, -0.2) is 12.5 Å². The largest absolute Gasteiger partial charge is 0.333 e. The summed E-state index contributed by atoms with van der Waals surface area (Å²) >= 11 is 5.78. The Morgan fingerprint density at radius 1 is 1.29 bits per heavy atom. The Morgan fingerprint density at radius 2 is 2.00 bits per heavy atom. The topological polar surface area (TPSA) is 45.7 Å². The van der Waals surface area contributed by atoms with E-state index in [4.69, 9.17) is 11.6 Å². The lowest BCUT2D eigenvalue weighted by atomic mass is 10.1. The van der Waals surface area contributed by atoms with Crippen LogP contribution in [0.1, 0.15) is 18.5 Å². The highest BCUT2D eigenvalue weighted by Gasteiger charge is 2.13. The Bertz CT molecular complexity index is 619. The van der Waals surface area contributed by atoms with Gasteiger partial charge in [-0.25, -0.2) is 4.39 Å². The molecule has 1 amide bonds. The highest BCUT2D eigenvalue weighted by Crippen LogP contribution is 2.19. The lowest BCUT2D eigenvalue weighted by Gasteiger charge is -2.11. The van der Waals surface area contributed by atoms with Gasteiger partial charge < -0.3 is 10.6 Å². The van der Waals surface area contributed by atoms with Crippen molar-refractivity contribution in [2.75, 3.05) is 11.9 Å². The molecule has 2 aromatic carbocycles. The van der Waals surface area contributed by atoms with Crippen LogP contribution in [0.3, 0.4) is 0 Å². The van der Waals surface area contributed by atoms with Gasteiger partial charge in [-0.05, 0) is 25.1 Å². The SMILES string of the molecule is C[C@@H]([NH2+]CC(=O)Nc1cc(Cl)ccc1F)c1ccccc1. The summed E-state index contributed by atoms with van der Waals surface area (Å²) in [5.74, 6) is -0.761. The molecule has 3 N–H and O–H groups in total. The molecule has 0 radical (unpaired) electrons. The normalized spacial score (nSPS) is 12.0. The van der Waals surface area contributed by atoms with E-state index in [0.29, 0.717) is 5.02 Å². The van der Waals surface area contributed by atoms with Crippen LogP contribution in [0.2, 0.25) is 5.02 Å². The molecule has 0 aliphatic carbocycles. The van der Waals surface area contributed by atoms with Crippen molar-refractivity contribution >= 4 is 23.2 Å². The second-order valence-corrected chi connectivity index (χ2v) is 5.25. The standard InChI is InChI=1S/C16H16ClFN2O/c1-11(12-5-3-2-4-6-12)19-10-16(21)20-15-9-13(17)7-8-14(15)18/h2-9,11,19H,10H2,1H3,(H,20,21)/p+1/t11-/m1/s1. The number of carbonyl (C=O) groups excluding carboxylic acids is 1. The van der Waals surface area contributed by atoms with Crippen LogP contribution < -0.4 is 10.6 Å². The molecule has 0 aliphatic rings. The first-order valence-electron chi connectivity index (χ1n) is 6.69. The quantitative estimate of drug-likeness (QED) is 0.876. The number of hydrogen-bond donors (Lipinski definition) is 2. The van der Waals surface area contributed by atoms with Crippen molar-refractivity contribution < 1.29 is 14.5 Å². The van der Waals surface area contributed by atoms with Gasteiger partial charge in [0, 0.05) is 10.6 Å². The first-order valence-corrected chi connectivity index (χ1v) is 7.07. The highest BCUT2D eigenvalue weighted by molar-refractivity contribution is 6.30. The smallest absolute Gasteiger partial charge is 0.279 e. The van der Waals surface area contributed by atoms with Gasteiger partial charge in [0.15, 0.2) is 6.54 Å². The average Bonchev–Trinajstić information content (AvgIpc) is 2.49. The van der Waals surface area contributed by atoms with Gasteiger partial charge in [0.05, 0.1) is 5.69 Å². The zero-order valence-corrected chi connectivity index (χ0v) is 12.4. The summed E-state index contributed by atoms with van der Waals surface area (Å²) in [6, 6.07) is 14.1. The van der Waals surface area contributed by atoms with Gasteiger partial charge in [0.1, 0.15) is 11.9 Å². The number of benzene rings is 2. The molecule has 0 heterocycles. The third kappa shape index (κ3) is 4.55. The molecular weight excluding hydrogens is 291 g/mol. The van der Waals surface area contributed by atoms with Crippen LogP contribution in [0, 0.1) is 5.82 Å². The molecule has 3 nitrogen and oxygen atoms in total. The first kappa shape index (κ1) is 15.5. The van der Waals surface area contributed by atoms with Crippen molar-refractivity contribution in [3.8, 4) is 0 Å². The molecular formula is C16H17ClFN2O+. The molecule has 110 valence electrons. The van der Waals surface area contributed by atoms with E-state index < -0.39 is 5.82 Å². The lowest BCUT2D eigenvalue weighted by Crippen LogP contribution is -2.86. The van der Waals surface area contributed by atoms with Gasteiger partial charge in [-0.15, -0.1) is 0 Å². The monoisotopic (exact) mass is 307 g/mol. The second-order valence-electron chi connectivity index (χ2n) is 4.81. The van der Waals surface area contributed by atoms with Crippen LogP contribution in [0.15, 0.2) is 48.5 Å². The minimum Gasteiger partial charge on any atom is -0.333 e. The van der Waals surface area contributed by atoms with Gasteiger partial charge >= 0.3 is 0 Å². The van der Waals surface area contributed by atoms with Crippen molar-refractivity contribution in [3.63, 3.8) is 0 Å². The van der Waals surface area contributed by atoms with E-state index in [1.54, 1.807) is 0 Å². The summed E-state index contributed by atoms with van der Waals surface area (Å²) in [5.41, 5.74) is 1.24. The van der Waals surface area contributed by atoms with E-state index >= 15 is 0 Å². The van der Waals surface area contributed by atoms with Crippen LogP contribution >= 0.6 is 11.6 Å². The van der Waals surface area contributed by atoms with E-state index in [-0.39, 0.29) is 24.2 Å². The summed E-state index contributed by atoms with van der Waals surface area (Å²) < 4.78 is 13.5. The van der Waals surface area contributed by atoms with E-state index in [9.17, 15) is 9.18 Å². The summed E-state index contributed by atoms with van der Waals surface area (Å²) in [6.45, 7) is 2.23. The summed E-state index contributed by atoms with van der Waals surface area (Å²) in [5, 5.41) is 4.81. The predicted molar refractivity (Wildman–Crippen MR) is 81.7 cm³/mol. The molecule has 0 fully saturated rings. The fourth-order valence-electron chi connectivity index (χ4n) is 1.97. The van der Waals surface area contributed by atoms with Crippen molar-refractivity contribution in [2.24, 2.45) is 0 Å². The Kier molecular flexibility index (Phi) is 5.31. The van der Waals surface area contributed by atoms with E-state index in [2.05, 4.69) is 5.32 Å². The fourth-order valence-corrected chi connectivity index (χ4v) is 2.14. The molecule has 0 aliphatic heterocycles. The van der Waals surface area contributed by atoms with Crippen molar-refractivity contribution in [2.45, 2.75) is 13.0 Å². The molecule has 0 aromatic heterocycles. The number of halogens is 2. The maximum Gasteiger partial charge on any atom is 0.279 e. The first-order chi connectivity index (χ1) is 10.1. The lowest BCUT2D eigenvalue weighted by molar-refractivity contribution is -0.682. The van der Waals surface area contributed by atoms with Crippen molar-refractivity contribution in [1.82, 2.24) is 0 Å². The van der Waals surface area contributed by atoms with E-state index in [1.165, 1.54) is 18.2 Å². The van der Waals surface area contributed by atoms with Crippen molar-refractivity contribution in [1.29, 1.82) is 0 Å². The van der Waals surface area contributed by atoms with Gasteiger partial charge in [0.25, 0.3) is 5.91 Å². The number of nitrogens with one attached hydrogen (secondary N) is 1. The molecule has 0 unspecified atom stereocenters. The molecule has 2 aromatic rings. The number of nitrogens with two attached hydrogens (primary N) is 1.